The molecule has 3 heterocycles. The van der Waals surface area contributed by atoms with Crippen molar-refractivity contribution in [1.29, 1.82) is 0 Å². The summed E-state index contributed by atoms with van der Waals surface area (Å²) in [6.07, 6.45) is 3.04. The molecule has 0 N–H and O–H groups in total. The summed E-state index contributed by atoms with van der Waals surface area (Å²) in [6, 6.07) is 21.9. The molecule has 0 spiro atoms. The molecule has 12 heteroatoms. The summed E-state index contributed by atoms with van der Waals surface area (Å²) in [5, 5.41) is 1.33. The van der Waals surface area contributed by atoms with Crippen LogP contribution in [0.1, 0.15) is 57.6 Å². The molecule has 9 nitrogen and oxygen atoms in total. The van der Waals surface area contributed by atoms with Crippen molar-refractivity contribution < 1.29 is 21.6 Å². The van der Waals surface area contributed by atoms with Gasteiger partial charge in [0, 0.05) is 30.4 Å². The number of amides is 1. The van der Waals surface area contributed by atoms with Crippen LogP contribution in [-0.4, -0.2) is 58.3 Å². The lowest BCUT2D eigenvalue weighted by atomic mass is 9.99. The van der Waals surface area contributed by atoms with E-state index in [1.807, 2.05) is 52.8 Å². The summed E-state index contributed by atoms with van der Waals surface area (Å²) in [4.78, 5) is 21.0. The molecule has 2 unspecified atom stereocenters. The van der Waals surface area contributed by atoms with Crippen LogP contribution < -0.4 is 8.61 Å². The lowest BCUT2D eigenvalue weighted by Crippen LogP contribution is -2.40. The Balaban J connectivity index is 0.00000116. The van der Waals surface area contributed by atoms with Crippen LogP contribution in [-0.2, 0) is 24.8 Å². The number of carbonyl (C=O) groups excluding carboxylic acids is 1. The van der Waals surface area contributed by atoms with E-state index < -0.39 is 20.0 Å². The van der Waals surface area contributed by atoms with E-state index in [1.54, 1.807) is 29.2 Å². The topological polar surface area (TPSA) is 108 Å². The number of likely N-dealkylation sites (tertiary alicyclic amines) is 1. The van der Waals surface area contributed by atoms with E-state index in [1.165, 1.54) is 41.4 Å². The molecule has 46 heavy (non-hydrogen) atoms. The Morgan fingerprint density at radius 1 is 0.783 bits per heavy atom. The fourth-order valence-electron chi connectivity index (χ4n) is 5.67. The molecule has 2 aliphatic heterocycles. The molecule has 4 aromatic rings. The van der Waals surface area contributed by atoms with Crippen LogP contribution in [0.2, 0.25) is 0 Å². The van der Waals surface area contributed by atoms with Gasteiger partial charge < -0.3 is 4.90 Å². The van der Waals surface area contributed by atoms with Gasteiger partial charge in [-0.25, -0.2) is 4.98 Å². The highest BCUT2D eigenvalue weighted by molar-refractivity contribution is 8.10. The second-order valence-electron chi connectivity index (χ2n) is 10.5. The van der Waals surface area contributed by atoms with Crippen molar-refractivity contribution in [2.24, 2.45) is 0 Å². The molecule has 2 saturated heterocycles. The van der Waals surface area contributed by atoms with Crippen LogP contribution in [0.3, 0.4) is 0 Å². The van der Waals surface area contributed by atoms with Crippen molar-refractivity contribution in [1.82, 2.24) is 9.88 Å². The molecule has 2 aliphatic rings. The van der Waals surface area contributed by atoms with Crippen LogP contribution in [0, 0.1) is 6.92 Å². The van der Waals surface area contributed by atoms with Gasteiger partial charge in [0.15, 0.2) is 0 Å². The number of hydrogen-bond acceptors (Lipinski definition) is 8. The minimum Gasteiger partial charge on any atom is -0.311 e. The molecule has 1 amide bonds. The second kappa shape index (κ2) is 15.3. The van der Waals surface area contributed by atoms with E-state index >= 15 is 0 Å². The van der Waals surface area contributed by atoms with E-state index in [4.69, 9.17) is 0 Å². The van der Waals surface area contributed by atoms with E-state index in [0.29, 0.717) is 28.3 Å². The van der Waals surface area contributed by atoms with Crippen LogP contribution in [0.5, 0.6) is 0 Å². The molecule has 246 valence electrons. The monoisotopic (exact) mass is 682 g/mol. The lowest BCUT2D eigenvalue weighted by molar-refractivity contribution is -0.121. The maximum Gasteiger partial charge on any atom is 0.279 e. The molecule has 1 aromatic heterocycles. The fraction of sp³-hybridized carbons (Fsp3) is 0.353. The van der Waals surface area contributed by atoms with Gasteiger partial charge >= 0.3 is 0 Å². The van der Waals surface area contributed by atoms with Crippen molar-refractivity contribution in [3.8, 4) is 0 Å². The third-order valence-corrected chi connectivity index (χ3v) is 13.0. The van der Waals surface area contributed by atoms with Gasteiger partial charge in [-0.1, -0.05) is 75.7 Å². The number of carbonyl (C=O) groups is 1. The molecule has 6 rings (SSSR count). The summed E-state index contributed by atoms with van der Waals surface area (Å²) >= 11 is 0.911. The van der Waals surface area contributed by atoms with E-state index in [-0.39, 0.29) is 26.9 Å². The molecule has 0 bridgehead atoms. The van der Waals surface area contributed by atoms with Crippen molar-refractivity contribution in [2.45, 2.75) is 69.2 Å². The summed E-state index contributed by atoms with van der Waals surface area (Å²) in [5.74, 6) is 0.389. The maximum atomic E-state index is 13.8. The second-order valence-corrected chi connectivity index (χ2v) is 15.2. The average molecular weight is 683 g/mol. The van der Waals surface area contributed by atoms with E-state index in [9.17, 15) is 21.6 Å². The molecule has 0 aliphatic carbocycles. The summed E-state index contributed by atoms with van der Waals surface area (Å²) < 4.78 is 55.2. The minimum absolute atomic E-state index is 0.00863. The molecule has 3 aromatic carbocycles. The first-order valence-electron chi connectivity index (χ1n) is 15.6. The Kier molecular flexibility index (Phi) is 11.8. The van der Waals surface area contributed by atoms with Crippen LogP contribution in [0.25, 0.3) is 0 Å². The number of benzene rings is 3. The number of rotatable bonds is 8. The highest BCUT2D eigenvalue weighted by Gasteiger charge is 2.41. The van der Waals surface area contributed by atoms with Crippen molar-refractivity contribution >= 4 is 48.1 Å². The van der Waals surface area contributed by atoms with Crippen molar-refractivity contribution in [3.63, 3.8) is 0 Å². The van der Waals surface area contributed by atoms with Crippen molar-refractivity contribution in [3.05, 3.63) is 102 Å². The number of thiazole rings is 1. The Morgan fingerprint density at radius 2 is 1.37 bits per heavy atom. The van der Waals surface area contributed by atoms with Crippen molar-refractivity contribution in [2.75, 3.05) is 28.2 Å². The predicted molar refractivity (Wildman–Crippen MR) is 185 cm³/mol. The fourth-order valence-corrected chi connectivity index (χ4v) is 10.4. The molecule has 2 fully saturated rings. The Morgan fingerprint density at radius 3 is 1.93 bits per heavy atom. The Labute approximate surface area is 277 Å². The van der Waals surface area contributed by atoms with Gasteiger partial charge in [0.05, 0.1) is 15.8 Å². The van der Waals surface area contributed by atoms with Crippen LogP contribution >= 0.6 is 11.3 Å². The van der Waals surface area contributed by atoms with Gasteiger partial charge in [-0.3, -0.25) is 9.69 Å². The van der Waals surface area contributed by atoms with Gasteiger partial charge in [0.2, 0.25) is 11.0 Å². The average Bonchev–Trinajstić information content (AvgIpc) is 3.86. The third kappa shape index (κ3) is 7.20. The lowest BCUT2D eigenvalue weighted by Gasteiger charge is -2.24. The van der Waals surface area contributed by atoms with Gasteiger partial charge in [-0.2, -0.15) is 16.8 Å². The maximum absolute atomic E-state index is 13.8. The largest absolute Gasteiger partial charge is 0.311 e. The Hall–Kier alpha value is -3.58. The molecular weight excluding hydrogens is 641 g/mol. The summed E-state index contributed by atoms with van der Waals surface area (Å²) in [7, 11) is -9.07. The number of sulfonamides is 2. The number of anilines is 2. The van der Waals surface area contributed by atoms with E-state index in [0.717, 1.165) is 36.4 Å². The number of hydrogen-bond donors (Lipinski definition) is 0. The van der Waals surface area contributed by atoms with Gasteiger partial charge in [0.1, 0.15) is 0 Å². The number of aromatic nitrogens is 1. The number of nitrogens with zero attached hydrogens (tertiary/aromatic N) is 4. The zero-order valence-corrected chi connectivity index (χ0v) is 29.4. The van der Waals surface area contributed by atoms with E-state index in [2.05, 4.69) is 22.0 Å². The first kappa shape index (κ1) is 35.3. The zero-order chi connectivity index (χ0) is 33.5. The minimum atomic E-state index is -4.57. The molecule has 0 saturated carbocycles. The Bertz CT molecular complexity index is 1780. The normalized spacial score (nSPS) is 18.4. The molecular formula is C34H42N4O5S3. The third-order valence-electron chi connectivity index (χ3n) is 7.89. The first-order chi connectivity index (χ1) is 22.2. The SMILES string of the molecule is CC.CC.Cc1ccc(S(=O)(=O)N(c2nccs2)S(=O)(=O)c2ccc(N3CCC(N4CCC(c5ccccc5)C4)C3=O)cc2)cc1. The number of aryl methyl sites for hydroxylation is 1. The molecule has 2 atom stereocenters. The highest BCUT2D eigenvalue weighted by Crippen LogP contribution is 2.35. The standard InChI is InChI=1S/C30H30N4O5S3.2C2H6/c1-22-7-11-26(12-8-22)41(36,37)34(30-31-17-20-40-30)42(38,39)27-13-9-25(10-14-27)33-19-16-28(29(33)35)32-18-15-24(21-32)23-5-3-2-4-6-23;2*1-2/h2-14,17,20,24,28H,15-16,18-19,21H2,1H3;2*1-2H3. The summed E-state index contributed by atoms with van der Waals surface area (Å²) in [5.41, 5.74) is 2.70. The van der Waals surface area contributed by atoms with Crippen LogP contribution in [0.4, 0.5) is 10.8 Å². The molecule has 0 radical (unpaired) electrons. The van der Waals surface area contributed by atoms with Crippen LogP contribution in [0.15, 0.2) is 100 Å². The van der Waals surface area contributed by atoms with Gasteiger partial charge in [0.25, 0.3) is 20.0 Å². The van der Waals surface area contributed by atoms with Gasteiger partial charge in [-0.05, 0) is 74.2 Å². The smallest absolute Gasteiger partial charge is 0.279 e. The predicted octanol–water partition coefficient (Wildman–Crippen LogP) is 6.68. The first-order valence-corrected chi connectivity index (χ1v) is 19.4. The van der Waals surface area contributed by atoms with Gasteiger partial charge in [-0.15, -0.1) is 15.0 Å². The zero-order valence-electron chi connectivity index (χ0n) is 26.9. The summed E-state index contributed by atoms with van der Waals surface area (Å²) in [6.45, 7) is 12.0. The quantitative estimate of drug-likeness (QED) is 0.204. The highest BCUT2D eigenvalue weighted by atomic mass is 32.3.